The topological polar surface area (TPSA) is 43.2 Å². The van der Waals surface area contributed by atoms with Crippen LogP contribution in [0.25, 0.3) is 10.9 Å². The molecule has 0 N–H and O–H groups in total. The molecular weight excluding hydrogens is 324 g/mol. The summed E-state index contributed by atoms with van der Waals surface area (Å²) in [4.78, 5) is 7.49. The number of ether oxygens (including phenoxy) is 1. The molecule has 0 saturated carbocycles. The van der Waals surface area contributed by atoms with E-state index in [1.54, 1.807) is 7.11 Å². The summed E-state index contributed by atoms with van der Waals surface area (Å²) in [6.45, 7) is 3.03. The maximum atomic E-state index is 5.49. The minimum atomic E-state index is 0.600. The maximum absolute atomic E-state index is 5.49. The third-order valence-corrected chi connectivity index (χ3v) is 5.33. The standard InChI is InChI=1S/C21H26N4O/c1-26-20-8-4-6-17-9-10-18(23-21(17)20)16-24-13-3-2-7-19(24)11-15-25-14-5-12-22-25/h4-6,8-10,12,14,19H,2-3,7,11,13,15-16H2,1H3/t19-/m1/s1. The van der Waals surface area contributed by atoms with E-state index in [1.165, 1.54) is 19.3 Å². The molecule has 4 rings (SSSR count). The smallest absolute Gasteiger partial charge is 0.145 e. The van der Waals surface area contributed by atoms with Gasteiger partial charge in [0.25, 0.3) is 0 Å². The Balaban J connectivity index is 1.49. The monoisotopic (exact) mass is 350 g/mol. The van der Waals surface area contributed by atoms with Crippen molar-refractivity contribution in [2.24, 2.45) is 0 Å². The summed E-state index contributed by atoms with van der Waals surface area (Å²) in [7, 11) is 1.71. The lowest BCUT2D eigenvalue weighted by Gasteiger charge is -2.35. The van der Waals surface area contributed by atoms with E-state index in [2.05, 4.69) is 28.2 Å². The van der Waals surface area contributed by atoms with E-state index >= 15 is 0 Å². The van der Waals surface area contributed by atoms with Crippen molar-refractivity contribution >= 4 is 10.9 Å². The Kier molecular flexibility index (Phi) is 5.16. The highest BCUT2D eigenvalue weighted by molar-refractivity contribution is 5.84. The van der Waals surface area contributed by atoms with Gasteiger partial charge in [0.05, 0.1) is 12.8 Å². The van der Waals surface area contributed by atoms with Crippen LogP contribution in [0.3, 0.4) is 0 Å². The van der Waals surface area contributed by atoms with E-state index in [-0.39, 0.29) is 0 Å². The molecular formula is C21H26N4O. The molecule has 0 unspecified atom stereocenters. The lowest BCUT2D eigenvalue weighted by Crippen LogP contribution is -2.39. The van der Waals surface area contributed by atoms with Crippen LogP contribution in [-0.2, 0) is 13.1 Å². The van der Waals surface area contributed by atoms with Crippen molar-refractivity contribution < 1.29 is 4.74 Å². The molecule has 0 bridgehead atoms. The fraction of sp³-hybridized carbons (Fsp3) is 0.429. The van der Waals surface area contributed by atoms with Crippen molar-refractivity contribution in [1.82, 2.24) is 19.7 Å². The highest BCUT2D eigenvalue weighted by Crippen LogP contribution is 2.26. The van der Waals surface area contributed by atoms with Crippen molar-refractivity contribution in [2.45, 2.75) is 44.8 Å². The number of hydrogen-bond donors (Lipinski definition) is 0. The molecule has 1 fully saturated rings. The van der Waals surface area contributed by atoms with Crippen LogP contribution in [0, 0.1) is 0 Å². The summed E-state index contributed by atoms with van der Waals surface area (Å²) < 4.78 is 7.52. The number of fused-ring (bicyclic) bond motifs is 1. The largest absolute Gasteiger partial charge is 0.494 e. The Morgan fingerprint density at radius 3 is 2.96 bits per heavy atom. The van der Waals surface area contributed by atoms with Crippen LogP contribution in [0.5, 0.6) is 5.75 Å². The molecule has 0 spiro atoms. The van der Waals surface area contributed by atoms with Crippen LogP contribution in [-0.4, -0.2) is 39.4 Å². The fourth-order valence-electron chi connectivity index (χ4n) is 3.93. The van der Waals surface area contributed by atoms with E-state index in [1.807, 2.05) is 35.3 Å². The number of piperidine rings is 1. The summed E-state index contributed by atoms with van der Waals surface area (Å²) in [5, 5.41) is 5.46. The number of para-hydroxylation sites is 1. The molecule has 1 saturated heterocycles. The molecule has 0 amide bonds. The predicted molar refractivity (Wildman–Crippen MR) is 103 cm³/mol. The number of methoxy groups -OCH3 is 1. The molecule has 5 nitrogen and oxygen atoms in total. The second-order valence-electron chi connectivity index (χ2n) is 7.01. The van der Waals surface area contributed by atoms with E-state index in [9.17, 15) is 0 Å². The maximum Gasteiger partial charge on any atom is 0.145 e. The van der Waals surface area contributed by atoms with Gasteiger partial charge in [-0.25, -0.2) is 4.98 Å². The quantitative estimate of drug-likeness (QED) is 0.676. The minimum absolute atomic E-state index is 0.600. The number of nitrogens with zero attached hydrogens (tertiary/aromatic N) is 4. The summed E-state index contributed by atoms with van der Waals surface area (Å²) >= 11 is 0. The van der Waals surface area contributed by atoms with Gasteiger partial charge in [0, 0.05) is 36.9 Å². The van der Waals surface area contributed by atoms with Crippen molar-refractivity contribution in [3.63, 3.8) is 0 Å². The number of hydrogen-bond acceptors (Lipinski definition) is 4. The van der Waals surface area contributed by atoms with Gasteiger partial charge >= 0.3 is 0 Å². The van der Waals surface area contributed by atoms with Gasteiger partial charge in [0.1, 0.15) is 11.3 Å². The van der Waals surface area contributed by atoms with Crippen LogP contribution in [0.1, 0.15) is 31.4 Å². The Hall–Kier alpha value is -2.40. The second-order valence-corrected chi connectivity index (χ2v) is 7.01. The minimum Gasteiger partial charge on any atom is -0.494 e. The van der Waals surface area contributed by atoms with Crippen molar-refractivity contribution in [3.8, 4) is 5.75 Å². The van der Waals surface area contributed by atoms with Gasteiger partial charge in [0.2, 0.25) is 0 Å². The van der Waals surface area contributed by atoms with E-state index in [0.717, 1.165) is 48.4 Å². The fourth-order valence-corrected chi connectivity index (χ4v) is 3.93. The molecule has 1 aliphatic heterocycles. The van der Waals surface area contributed by atoms with Gasteiger partial charge in [-0.3, -0.25) is 9.58 Å². The van der Waals surface area contributed by atoms with Gasteiger partial charge in [-0.15, -0.1) is 0 Å². The first-order chi connectivity index (χ1) is 12.8. The van der Waals surface area contributed by atoms with Gasteiger partial charge < -0.3 is 4.74 Å². The molecule has 5 heteroatoms. The zero-order chi connectivity index (χ0) is 17.8. The Bertz CT molecular complexity index is 846. The van der Waals surface area contributed by atoms with Crippen LogP contribution < -0.4 is 4.74 Å². The third-order valence-electron chi connectivity index (χ3n) is 5.33. The SMILES string of the molecule is COc1cccc2ccc(CN3CCCC[C@@H]3CCn3cccn3)nc12. The third kappa shape index (κ3) is 3.73. The number of aryl methyl sites for hydroxylation is 1. The zero-order valence-electron chi connectivity index (χ0n) is 15.3. The summed E-state index contributed by atoms with van der Waals surface area (Å²) in [5.41, 5.74) is 2.07. The lowest BCUT2D eigenvalue weighted by molar-refractivity contribution is 0.126. The number of pyridine rings is 1. The van der Waals surface area contributed by atoms with Crippen molar-refractivity contribution in [1.29, 1.82) is 0 Å². The average Bonchev–Trinajstić information content (AvgIpc) is 3.20. The van der Waals surface area contributed by atoms with Gasteiger partial charge in [-0.1, -0.05) is 24.6 Å². The number of benzene rings is 1. The van der Waals surface area contributed by atoms with Crippen LogP contribution in [0.15, 0.2) is 48.8 Å². The number of likely N-dealkylation sites (tertiary alicyclic amines) is 1. The lowest BCUT2D eigenvalue weighted by atomic mass is 9.99. The first kappa shape index (κ1) is 17.0. The highest BCUT2D eigenvalue weighted by Gasteiger charge is 2.23. The summed E-state index contributed by atoms with van der Waals surface area (Å²) in [6.07, 6.45) is 8.89. The average molecular weight is 350 g/mol. The van der Waals surface area contributed by atoms with Crippen LogP contribution in [0.4, 0.5) is 0 Å². The molecule has 3 aromatic rings. The van der Waals surface area contributed by atoms with E-state index in [0.29, 0.717) is 6.04 Å². The van der Waals surface area contributed by atoms with Crippen molar-refractivity contribution in [3.05, 3.63) is 54.5 Å². The van der Waals surface area contributed by atoms with Gasteiger partial charge in [-0.05, 0) is 44.0 Å². The predicted octanol–water partition coefficient (Wildman–Crippen LogP) is 3.88. The number of aromatic nitrogens is 3. The first-order valence-electron chi connectivity index (χ1n) is 9.47. The highest BCUT2D eigenvalue weighted by atomic mass is 16.5. The first-order valence-corrected chi connectivity index (χ1v) is 9.47. The number of rotatable bonds is 6. The van der Waals surface area contributed by atoms with Crippen LogP contribution in [0.2, 0.25) is 0 Å². The normalized spacial score (nSPS) is 18.3. The molecule has 0 radical (unpaired) electrons. The molecule has 1 atom stereocenters. The molecule has 2 aromatic heterocycles. The van der Waals surface area contributed by atoms with E-state index < -0.39 is 0 Å². The molecule has 1 aromatic carbocycles. The van der Waals surface area contributed by atoms with E-state index in [4.69, 9.17) is 9.72 Å². The zero-order valence-corrected chi connectivity index (χ0v) is 15.3. The van der Waals surface area contributed by atoms with Gasteiger partial charge in [-0.2, -0.15) is 5.10 Å². The summed E-state index contributed by atoms with van der Waals surface area (Å²) in [5.74, 6) is 0.846. The Morgan fingerprint density at radius 1 is 1.15 bits per heavy atom. The van der Waals surface area contributed by atoms with Gasteiger partial charge in [0.15, 0.2) is 0 Å². The summed E-state index contributed by atoms with van der Waals surface area (Å²) in [6, 6.07) is 13.0. The van der Waals surface area contributed by atoms with Crippen LogP contribution >= 0.6 is 0 Å². The Labute approximate surface area is 154 Å². The molecule has 3 heterocycles. The molecule has 26 heavy (non-hydrogen) atoms. The molecule has 136 valence electrons. The molecule has 0 aliphatic carbocycles. The van der Waals surface area contributed by atoms with Crippen molar-refractivity contribution in [2.75, 3.05) is 13.7 Å². The molecule has 1 aliphatic rings. The second kappa shape index (κ2) is 7.87. The Morgan fingerprint density at radius 2 is 2.12 bits per heavy atom.